The van der Waals surface area contributed by atoms with Crippen molar-refractivity contribution in [1.82, 2.24) is 4.98 Å². The summed E-state index contributed by atoms with van der Waals surface area (Å²) in [7, 11) is 0. The first-order chi connectivity index (χ1) is 11.1. The summed E-state index contributed by atoms with van der Waals surface area (Å²) in [5.41, 5.74) is 6.48. The summed E-state index contributed by atoms with van der Waals surface area (Å²) in [6.45, 7) is 1.81. The molecule has 3 rings (SSSR count). The van der Waals surface area contributed by atoms with Crippen LogP contribution in [0.3, 0.4) is 0 Å². The van der Waals surface area contributed by atoms with Crippen LogP contribution in [0.1, 0.15) is 25.5 Å². The Morgan fingerprint density at radius 3 is 2.78 bits per heavy atom. The van der Waals surface area contributed by atoms with Crippen LogP contribution < -0.4 is 5.73 Å². The number of allylic oxidation sites excluding steroid dienone is 4. The van der Waals surface area contributed by atoms with Gasteiger partial charge in [-0.1, -0.05) is 48.6 Å². The molecule has 3 N–H and O–H groups in total. The number of thioether (sulfide) groups is 1. The molecule has 1 aromatic heterocycles. The van der Waals surface area contributed by atoms with Gasteiger partial charge in [0.15, 0.2) is 5.76 Å². The molecule has 1 amide bonds. The highest BCUT2D eigenvalue weighted by molar-refractivity contribution is 8.00. The van der Waals surface area contributed by atoms with E-state index in [4.69, 9.17) is 4.42 Å². The lowest BCUT2D eigenvalue weighted by atomic mass is 9.99. The van der Waals surface area contributed by atoms with Crippen LogP contribution in [0.25, 0.3) is 16.9 Å². The van der Waals surface area contributed by atoms with Crippen molar-refractivity contribution in [2.45, 2.75) is 30.2 Å². The van der Waals surface area contributed by atoms with Gasteiger partial charge in [0.25, 0.3) is 5.22 Å². The minimum atomic E-state index is -0.273. The third-order valence-corrected chi connectivity index (χ3v) is 4.69. The zero-order chi connectivity index (χ0) is 16.2. The van der Waals surface area contributed by atoms with Crippen molar-refractivity contribution >= 4 is 23.2 Å². The zero-order valence-corrected chi connectivity index (χ0v) is 13.8. The van der Waals surface area contributed by atoms with Crippen LogP contribution in [0.4, 0.5) is 0 Å². The van der Waals surface area contributed by atoms with Gasteiger partial charge in [0, 0.05) is 5.56 Å². The normalized spacial score (nSPS) is 15.3. The Bertz CT molecular complexity index is 763. The highest BCUT2D eigenvalue weighted by Crippen LogP contribution is 2.36. The number of hydrogen-bond donors (Lipinski definition) is 1. The topological polar surface area (TPSA) is 70.7 Å². The number of rotatable bonds is 5. The highest BCUT2D eigenvalue weighted by Gasteiger charge is 2.22. The Morgan fingerprint density at radius 2 is 2.13 bits per heavy atom. The van der Waals surface area contributed by atoms with Crippen molar-refractivity contribution in [3.05, 3.63) is 54.3 Å². The van der Waals surface area contributed by atoms with Gasteiger partial charge in [-0.3, -0.25) is 5.73 Å². The molecular formula is C18H19N2O2S+. The Hall–Kier alpha value is -2.11. The van der Waals surface area contributed by atoms with Crippen LogP contribution in [0.5, 0.6) is 0 Å². The lowest BCUT2D eigenvalue weighted by molar-refractivity contribution is -0.304. The maximum absolute atomic E-state index is 11.4. The summed E-state index contributed by atoms with van der Waals surface area (Å²) in [6, 6.07) is 9.94. The SMILES string of the molecule is CC(Sc1nc(C2=CC=CCC2)c(-c2ccccc2)o1)C([NH3+])=O. The number of quaternary nitrogens is 1. The second-order valence-electron chi connectivity index (χ2n) is 5.41. The molecule has 0 saturated carbocycles. The average molecular weight is 327 g/mol. The molecule has 0 radical (unpaired) electrons. The van der Waals surface area contributed by atoms with Gasteiger partial charge in [0.05, 0.1) is 0 Å². The van der Waals surface area contributed by atoms with Crippen LogP contribution in [0, 0.1) is 0 Å². The van der Waals surface area contributed by atoms with Gasteiger partial charge >= 0.3 is 5.91 Å². The minimum absolute atomic E-state index is 0.129. The number of nitrogens with zero attached hydrogens (tertiary/aromatic N) is 1. The molecule has 1 atom stereocenters. The van der Waals surface area contributed by atoms with E-state index in [1.165, 1.54) is 11.8 Å². The fourth-order valence-corrected chi connectivity index (χ4v) is 3.08. The minimum Gasteiger partial charge on any atom is -0.431 e. The van der Waals surface area contributed by atoms with E-state index in [0.29, 0.717) is 5.22 Å². The lowest BCUT2D eigenvalue weighted by Crippen LogP contribution is -2.60. The van der Waals surface area contributed by atoms with Crippen molar-refractivity contribution < 1.29 is 14.9 Å². The van der Waals surface area contributed by atoms with Crippen molar-refractivity contribution in [2.75, 3.05) is 0 Å². The molecule has 1 heterocycles. The number of aromatic nitrogens is 1. The van der Waals surface area contributed by atoms with E-state index in [0.717, 1.165) is 35.4 Å². The molecule has 1 unspecified atom stereocenters. The van der Waals surface area contributed by atoms with Crippen LogP contribution in [-0.2, 0) is 4.79 Å². The Kier molecular flexibility index (Phi) is 4.79. The summed E-state index contributed by atoms with van der Waals surface area (Å²) in [4.78, 5) is 16.0. The Labute approximate surface area is 139 Å². The van der Waals surface area contributed by atoms with Crippen LogP contribution in [0.2, 0.25) is 0 Å². The molecule has 23 heavy (non-hydrogen) atoms. The van der Waals surface area contributed by atoms with Crippen LogP contribution in [-0.4, -0.2) is 16.1 Å². The third-order valence-electron chi connectivity index (χ3n) is 3.69. The van der Waals surface area contributed by atoms with Crippen LogP contribution >= 0.6 is 11.8 Å². The predicted molar refractivity (Wildman–Crippen MR) is 91.5 cm³/mol. The van der Waals surface area contributed by atoms with Gasteiger partial charge in [-0.15, -0.1) is 0 Å². The van der Waals surface area contributed by atoms with E-state index in [9.17, 15) is 4.79 Å². The molecule has 1 aliphatic carbocycles. The number of carbonyl (C=O) groups excluding carboxylic acids is 1. The molecule has 2 aromatic rings. The maximum atomic E-state index is 11.4. The standard InChI is InChI=1S/C18H18N2O2S/c1-12(17(19)21)23-18-20-15(13-8-4-2-5-9-13)16(22-18)14-10-6-3-7-11-14/h2-4,6-8,10-12H,5,9H2,1H3,(H2,19,21)/p+1. The van der Waals surface area contributed by atoms with E-state index >= 15 is 0 Å². The largest absolute Gasteiger partial charge is 0.431 e. The Morgan fingerprint density at radius 1 is 1.35 bits per heavy atom. The van der Waals surface area contributed by atoms with Gasteiger partial charge in [-0.25, -0.2) is 9.78 Å². The molecule has 0 spiro atoms. The van der Waals surface area contributed by atoms with Crippen molar-refractivity contribution in [3.63, 3.8) is 0 Å². The number of oxazole rings is 1. The summed E-state index contributed by atoms with van der Waals surface area (Å²) in [5.74, 6) is 0.634. The van der Waals surface area contributed by atoms with E-state index in [1.54, 1.807) is 0 Å². The molecule has 4 nitrogen and oxygen atoms in total. The summed E-state index contributed by atoms with van der Waals surface area (Å²) < 4.78 is 5.98. The Balaban J connectivity index is 2.02. The second-order valence-corrected chi connectivity index (χ2v) is 6.70. The van der Waals surface area contributed by atoms with Gasteiger partial charge in [-0.05, 0) is 37.1 Å². The number of amides is 1. The second kappa shape index (κ2) is 6.98. The quantitative estimate of drug-likeness (QED) is 0.855. The molecule has 1 aliphatic rings. The van der Waals surface area contributed by atoms with E-state index < -0.39 is 0 Å². The lowest BCUT2D eigenvalue weighted by Gasteiger charge is -2.07. The van der Waals surface area contributed by atoms with Crippen molar-refractivity contribution in [2.24, 2.45) is 0 Å². The molecule has 0 fully saturated rings. The van der Waals surface area contributed by atoms with Gasteiger partial charge < -0.3 is 4.42 Å². The summed E-state index contributed by atoms with van der Waals surface area (Å²) in [5, 5.41) is 0.240. The third kappa shape index (κ3) is 3.63. The van der Waals surface area contributed by atoms with Gasteiger partial charge in [-0.2, -0.15) is 0 Å². The van der Waals surface area contributed by atoms with E-state index in [-0.39, 0.29) is 11.2 Å². The number of benzene rings is 1. The molecule has 5 heteroatoms. The predicted octanol–water partition coefficient (Wildman–Crippen LogP) is 3.32. The summed E-state index contributed by atoms with van der Waals surface area (Å²) >= 11 is 1.31. The molecule has 1 aromatic carbocycles. The monoisotopic (exact) mass is 327 g/mol. The molecule has 0 saturated heterocycles. The zero-order valence-electron chi connectivity index (χ0n) is 13.0. The van der Waals surface area contributed by atoms with Crippen LogP contribution in [0.15, 0.2) is 58.2 Å². The molecule has 0 aliphatic heterocycles. The van der Waals surface area contributed by atoms with Crippen molar-refractivity contribution in [3.8, 4) is 11.3 Å². The first-order valence-corrected chi connectivity index (χ1v) is 8.48. The molecule has 0 bridgehead atoms. The average Bonchev–Trinajstić information content (AvgIpc) is 3.00. The van der Waals surface area contributed by atoms with Gasteiger partial charge in [0.1, 0.15) is 10.9 Å². The number of carbonyl (C=O) groups is 1. The molecule has 118 valence electrons. The fraction of sp³-hybridized carbons (Fsp3) is 0.222. The maximum Gasteiger partial charge on any atom is 0.322 e. The first kappa shape index (κ1) is 15.8. The van der Waals surface area contributed by atoms with E-state index in [2.05, 4.69) is 28.9 Å². The number of hydrogen-bond acceptors (Lipinski definition) is 4. The van der Waals surface area contributed by atoms with E-state index in [1.807, 2.05) is 37.3 Å². The first-order valence-electron chi connectivity index (χ1n) is 7.60. The van der Waals surface area contributed by atoms with Gasteiger partial charge in [0.2, 0.25) is 0 Å². The van der Waals surface area contributed by atoms with Crippen molar-refractivity contribution in [1.29, 1.82) is 0 Å². The highest BCUT2D eigenvalue weighted by atomic mass is 32.2. The molecular weight excluding hydrogens is 308 g/mol. The smallest absolute Gasteiger partial charge is 0.322 e. The fourth-order valence-electron chi connectivity index (χ4n) is 2.37. The summed E-state index contributed by atoms with van der Waals surface area (Å²) in [6.07, 6.45) is 8.22.